The fraction of sp³-hybridized carbons (Fsp3) is 0.471. The Morgan fingerprint density at radius 2 is 1.57 bits per heavy atom. The van der Waals surface area contributed by atoms with Crippen LogP contribution >= 0.6 is 0 Å². The zero-order valence-corrected chi connectivity index (χ0v) is 27.3. The van der Waals surface area contributed by atoms with Crippen molar-refractivity contribution in [3.05, 3.63) is 83.9 Å². The number of amides is 2. The summed E-state index contributed by atoms with van der Waals surface area (Å²) in [5.41, 5.74) is 3.02. The second-order valence-electron chi connectivity index (χ2n) is 12.3. The number of hydrogen-bond donors (Lipinski definition) is 6. The molecule has 4 unspecified atom stereocenters. The van der Waals surface area contributed by atoms with Gasteiger partial charge in [-0.25, -0.2) is 19.7 Å². The Bertz CT molecular complexity index is 1540. The maximum absolute atomic E-state index is 12.8. The lowest BCUT2D eigenvalue weighted by molar-refractivity contribution is -0.0511. The molecular weight excluding hydrogens is 600 g/mol. The minimum atomic E-state index is -1.32. The molecule has 4 aromatic rings. The third-order valence-corrected chi connectivity index (χ3v) is 8.53. The molecule has 0 spiro atoms. The van der Waals surface area contributed by atoms with E-state index in [1.54, 1.807) is 0 Å². The van der Waals surface area contributed by atoms with Crippen molar-refractivity contribution in [2.45, 2.75) is 76.8 Å². The van der Waals surface area contributed by atoms with Gasteiger partial charge in [-0.15, -0.1) is 0 Å². The molecule has 13 nitrogen and oxygen atoms in total. The first-order valence-corrected chi connectivity index (χ1v) is 16.1. The summed E-state index contributed by atoms with van der Waals surface area (Å²) in [6, 6.07) is 20.7. The molecule has 5 rings (SSSR count). The van der Waals surface area contributed by atoms with Crippen molar-refractivity contribution >= 4 is 23.0 Å². The van der Waals surface area contributed by atoms with E-state index in [9.17, 15) is 20.1 Å². The molecule has 4 atom stereocenters. The average molecular weight is 647 g/mol. The van der Waals surface area contributed by atoms with Gasteiger partial charge in [-0.1, -0.05) is 60.7 Å². The Morgan fingerprint density at radius 3 is 2.15 bits per heavy atom. The highest BCUT2D eigenvalue weighted by atomic mass is 16.6. The average Bonchev–Trinajstić information content (AvgIpc) is 3.62. The van der Waals surface area contributed by atoms with Crippen molar-refractivity contribution < 1.29 is 24.9 Å². The number of benzene rings is 2. The molecule has 2 aromatic heterocycles. The van der Waals surface area contributed by atoms with E-state index in [0.717, 1.165) is 11.1 Å². The second-order valence-corrected chi connectivity index (χ2v) is 12.3. The summed E-state index contributed by atoms with van der Waals surface area (Å²) in [6.07, 6.45) is -3.14. The number of ether oxygens (including phenoxy) is 1. The molecule has 13 heteroatoms. The van der Waals surface area contributed by atoms with Crippen LogP contribution in [0.25, 0.3) is 11.2 Å². The molecule has 1 aliphatic rings. The number of carbonyl (C=O) groups is 1. The van der Waals surface area contributed by atoms with E-state index in [-0.39, 0.29) is 18.5 Å². The molecule has 1 saturated heterocycles. The highest BCUT2D eigenvalue weighted by Crippen LogP contribution is 2.33. The van der Waals surface area contributed by atoms with Crippen molar-refractivity contribution in [1.82, 2.24) is 35.1 Å². The summed E-state index contributed by atoms with van der Waals surface area (Å²) in [4.78, 5) is 29.0. The van der Waals surface area contributed by atoms with Gasteiger partial charge < -0.3 is 36.0 Å². The lowest BCUT2D eigenvalue weighted by Gasteiger charge is -2.30. The summed E-state index contributed by atoms with van der Waals surface area (Å²) >= 11 is 0. The Labute approximate surface area is 275 Å². The number of rotatable bonds is 14. The molecule has 6 N–H and O–H groups in total. The SMILES string of the molecule is CC(C)N(CCNC(=O)NCc1nc(NCC(c2ccccc2)c2ccccc2)c2ncn(C3OC(CO)C(O)C3O)c2n1)C(C)C. The highest BCUT2D eigenvalue weighted by Gasteiger charge is 2.44. The normalized spacial score (nSPS) is 19.7. The van der Waals surface area contributed by atoms with Crippen LogP contribution in [-0.2, 0) is 11.3 Å². The summed E-state index contributed by atoms with van der Waals surface area (Å²) in [5.74, 6) is 0.748. The number of hydrogen-bond acceptors (Lipinski definition) is 10. The largest absolute Gasteiger partial charge is 0.394 e. The predicted octanol–water partition coefficient (Wildman–Crippen LogP) is 2.60. The highest BCUT2D eigenvalue weighted by molar-refractivity contribution is 5.83. The van der Waals surface area contributed by atoms with Crippen molar-refractivity contribution in [3.63, 3.8) is 0 Å². The Kier molecular flexibility index (Phi) is 11.4. The van der Waals surface area contributed by atoms with Gasteiger partial charge in [0.05, 0.1) is 19.5 Å². The third kappa shape index (κ3) is 8.06. The van der Waals surface area contributed by atoms with Crippen LogP contribution in [0.15, 0.2) is 67.0 Å². The maximum Gasteiger partial charge on any atom is 0.315 e. The third-order valence-electron chi connectivity index (χ3n) is 8.53. The summed E-state index contributed by atoms with van der Waals surface area (Å²) < 4.78 is 7.31. The molecule has 1 aliphatic heterocycles. The van der Waals surface area contributed by atoms with Crippen LogP contribution in [0.4, 0.5) is 10.6 Å². The predicted molar refractivity (Wildman–Crippen MR) is 179 cm³/mol. The number of carbonyl (C=O) groups excluding carboxylic acids is 1. The first-order chi connectivity index (χ1) is 22.7. The maximum atomic E-state index is 12.8. The van der Waals surface area contributed by atoms with Crippen LogP contribution in [0.3, 0.4) is 0 Å². The fourth-order valence-electron chi connectivity index (χ4n) is 6.09. The lowest BCUT2D eigenvalue weighted by atomic mass is 9.91. The number of nitrogens with zero attached hydrogens (tertiary/aromatic N) is 5. The molecular formula is C34H46N8O5. The molecule has 0 aliphatic carbocycles. The summed E-state index contributed by atoms with van der Waals surface area (Å²) in [5, 5.41) is 40.0. The number of aliphatic hydroxyl groups is 3. The van der Waals surface area contributed by atoms with Gasteiger partial charge in [0.15, 0.2) is 29.0 Å². The van der Waals surface area contributed by atoms with Crippen molar-refractivity contribution in [2.75, 3.05) is 31.6 Å². The fourth-order valence-corrected chi connectivity index (χ4v) is 6.09. The Morgan fingerprint density at radius 1 is 0.936 bits per heavy atom. The number of nitrogens with one attached hydrogen (secondary N) is 3. The first-order valence-electron chi connectivity index (χ1n) is 16.1. The van der Waals surface area contributed by atoms with Gasteiger partial charge in [-0.2, -0.15) is 0 Å². The number of imidazole rings is 1. The molecule has 3 heterocycles. The number of fused-ring (bicyclic) bond motifs is 1. The Hall–Kier alpha value is -4.14. The van der Waals surface area contributed by atoms with E-state index in [1.807, 2.05) is 36.4 Å². The number of anilines is 1. The number of aliphatic hydroxyl groups excluding tert-OH is 3. The van der Waals surface area contributed by atoms with Crippen LogP contribution < -0.4 is 16.0 Å². The van der Waals surface area contributed by atoms with E-state index in [0.29, 0.717) is 54.5 Å². The second kappa shape index (κ2) is 15.6. The number of aromatic nitrogens is 4. The summed E-state index contributed by atoms with van der Waals surface area (Å²) in [6.45, 7) is 9.77. The van der Waals surface area contributed by atoms with Crippen molar-refractivity contribution in [2.24, 2.45) is 0 Å². The van der Waals surface area contributed by atoms with Gasteiger partial charge in [0, 0.05) is 37.6 Å². The Balaban J connectivity index is 1.40. The first kappa shape index (κ1) is 34.2. The van der Waals surface area contributed by atoms with E-state index in [1.165, 1.54) is 10.9 Å². The quantitative estimate of drug-likeness (QED) is 0.120. The zero-order valence-electron chi connectivity index (χ0n) is 27.3. The monoisotopic (exact) mass is 646 g/mol. The molecule has 0 saturated carbocycles. The van der Waals surface area contributed by atoms with Gasteiger partial charge in [-0.05, 0) is 38.8 Å². The summed E-state index contributed by atoms with van der Waals surface area (Å²) in [7, 11) is 0. The van der Waals surface area contributed by atoms with Crippen LogP contribution in [0, 0.1) is 0 Å². The molecule has 0 bridgehead atoms. The van der Waals surface area contributed by atoms with Crippen LogP contribution in [-0.4, -0.2) is 102 Å². The molecule has 1 fully saturated rings. The molecule has 47 heavy (non-hydrogen) atoms. The van der Waals surface area contributed by atoms with E-state index < -0.39 is 31.1 Å². The minimum Gasteiger partial charge on any atom is -0.394 e. The van der Waals surface area contributed by atoms with E-state index in [2.05, 4.69) is 82.8 Å². The smallest absolute Gasteiger partial charge is 0.315 e. The van der Waals surface area contributed by atoms with Gasteiger partial charge in [0.25, 0.3) is 0 Å². The van der Waals surface area contributed by atoms with Gasteiger partial charge >= 0.3 is 6.03 Å². The van der Waals surface area contributed by atoms with E-state index >= 15 is 0 Å². The van der Waals surface area contributed by atoms with Gasteiger partial charge in [0.2, 0.25) is 0 Å². The minimum absolute atomic E-state index is 0.00598. The van der Waals surface area contributed by atoms with Crippen LogP contribution in [0.2, 0.25) is 0 Å². The van der Waals surface area contributed by atoms with Crippen LogP contribution in [0.5, 0.6) is 0 Å². The topological polar surface area (TPSA) is 170 Å². The van der Waals surface area contributed by atoms with Crippen molar-refractivity contribution in [1.29, 1.82) is 0 Å². The molecule has 252 valence electrons. The van der Waals surface area contributed by atoms with Crippen LogP contribution in [0.1, 0.15) is 56.8 Å². The zero-order chi connectivity index (χ0) is 33.5. The molecule has 2 aromatic carbocycles. The molecule has 2 amide bonds. The van der Waals surface area contributed by atoms with E-state index in [4.69, 9.17) is 9.72 Å². The lowest BCUT2D eigenvalue weighted by Crippen LogP contribution is -2.44. The number of urea groups is 1. The molecule has 0 radical (unpaired) electrons. The standard InChI is InChI=1S/C34H46N8O5/c1-21(2)41(22(3)4)16-15-35-34(46)37-18-27-39-31(36-17-25(23-11-7-5-8-12-23)24-13-9-6-10-14-24)28-32(40-27)42(20-38-28)33-30(45)29(44)26(19-43)47-33/h5-14,20-22,25-26,29-30,33,43-45H,15-19H2,1-4H3,(H2,35,37,46)(H,36,39,40). The van der Waals surface area contributed by atoms with Gasteiger partial charge in [0.1, 0.15) is 18.3 Å². The van der Waals surface area contributed by atoms with Crippen molar-refractivity contribution in [3.8, 4) is 0 Å². The van der Waals surface area contributed by atoms with Gasteiger partial charge in [-0.3, -0.25) is 9.47 Å².